The van der Waals surface area contributed by atoms with E-state index < -0.39 is 5.97 Å². The molecule has 4 unspecified atom stereocenters. The Morgan fingerprint density at radius 3 is 2.81 bits per heavy atom. The van der Waals surface area contributed by atoms with Crippen LogP contribution in [0.15, 0.2) is 17.5 Å². The molecule has 21 heavy (non-hydrogen) atoms. The van der Waals surface area contributed by atoms with Gasteiger partial charge >= 0.3 is 5.97 Å². The smallest absolute Gasteiger partial charge is 0.305 e. The van der Waals surface area contributed by atoms with E-state index in [0.29, 0.717) is 11.5 Å². The van der Waals surface area contributed by atoms with Crippen LogP contribution in [0, 0.1) is 16.7 Å². The minimum absolute atomic E-state index is 0.0667. The number of carbonyl (C=O) groups is 1. The summed E-state index contributed by atoms with van der Waals surface area (Å²) in [6.07, 6.45) is 4.03. The molecular weight excluding hydrogens is 282 g/mol. The lowest BCUT2D eigenvalue weighted by Crippen LogP contribution is -2.51. The van der Waals surface area contributed by atoms with E-state index in [4.69, 9.17) is 0 Å². The Balaban J connectivity index is 1.84. The quantitative estimate of drug-likeness (QED) is 0.862. The summed E-state index contributed by atoms with van der Waals surface area (Å²) >= 11 is 1.65. The summed E-state index contributed by atoms with van der Waals surface area (Å²) in [5.41, 5.74) is 0.573. The number of fused-ring (bicyclic) bond motifs is 2. The van der Waals surface area contributed by atoms with Crippen LogP contribution in [0.25, 0.3) is 0 Å². The van der Waals surface area contributed by atoms with E-state index in [2.05, 4.69) is 26.1 Å². The molecular formula is C17H25NO2S. The maximum Gasteiger partial charge on any atom is 0.305 e. The minimum atomic E-state index is -0.730. The van der Waals surface area contributed by atoms with Crippen molar-refractivity contribution < 1.29 is 9.90 Å². The molecule has 4 atom stereocenters. The lowest BCUT2D eigenvalue weighted by atomic mass is 9.68. The first-order chi connectivity index (χ1) is 9.83. The van der Waals surface area contributed by atoms with Gasteiger partial charge in [0.2, 0.25) is 0 Å². The maximum atomic E-state index is 11.2. The maximum absolute atomic E-state index is 11.2. The van der Waals surface area contributed by atoms with Crippen LogP contribution in [0.1, 0.15) is 57.4 Å². The van der Waals surface area contributed by atoms with Crippen LogP contribution in [0.2, 0.25) is 0 Å². The van der Waals surface area contributed by atoms with Crippen LogP contribution < -0.4 is 5.32 Å². The molecule has 1 heterocycles. The Labute approximate surface area is 130 Å². The van der Waals surface area contributed by atoms with E-state index in [1.165, 1.54) is 19.3 Å². The summed E-state index contributed by atoms with van der Waals surface area (Å²) in [5, 5.41) is 15.0. The zero-order valence-corrected chi connectivity index (χ0v) is 13.9. The van der Waals surface area contributed by atoms with Crippen molar-refractivity contribution in [1.29, 1.82) is 0 Å². The van der Waals surface area contributed by atoms with E-state index in [1.54, 1.807) is 11.3 Å². The first-order valence-corrected chi connectivity index (χ1v) is 8.72. The second kappa shape index (κ2) is 5.10. The van der Waals surface area contributed by atoms with Gasteiger partial charge in [-0.3, -0.25) is 4.79 Å². The van der Waals surface area contributed by atoms with Gasteiger partial charge in [-0.15, -0.1) is 11.3 Å². The van der Waals surface area contributed by atoms with Crippen molar-refractivity contribution in [3.63, 3.8) is 0 Å². The molecule has 2 aliphatic rings. The zero-order valence-electron chi connectivity index (χ0n) is 13.1. The van der Waals surface area contributed by atoms with Crippen LogP contribution in [-0.4, -0.2) is 17.1 Å². The minimum Gasteiger partial charge on any atom is -0.481 e. The molecule has 1 aromatic heterocycles. The van der Waals surface area contributed by atoms with Gasteiger partial charge in [-0.2, -0.15) is 0 Å². The number of hydrogen-bond acceptors (Lipinski definition) is 3. The molecule has 116 valence electrons. The number of thiophene rings is 1. The molecule has 1 aromatic rings. The van der Waals surface area contributed by atoms with Crippen molar-refractivity contribution in [3.05, 3.63) is 22.4 Å². The standard InChI is InChI=1S/C17H25NO2S/c1-16(2)11-6-7-17(3,10-11)15(16)18-12(9-14(19)20)13-5-4-8-21-13/h4-5,8,11-12,15,18H,6-7,9-10H2,1-3H3,(H,19,20). The van der Waals surface area contributed by atoms with E-state index >= 15 is 0 Å². The summed E-state index contributed by atoms with van der Waals surface area (Å²) < 4.78 is 0. The average molecular weight is 307 g/mol. The lowest BCUT2D eigenvalue weighted by molar-refractivity contribution is -0.137. The van der Waals surface area contributed by atoms with Gasteiger partial charge in [0, 0.05) is 10.9 Å². The molecule has 4 heteroatoms. The fraction of sp³-hybridized carbons (Fsp3) is 0.706. The first-order valence-electron chi connectivity index (χ1n) is 7.84. The molecule has 2 bridgehead atoms. The lowest BCUT2D eigenvalue weighted by Gasteiger charge is -2.45. The second-order valence-corrected chi connectivity index (χ2v) is 8.66. The highest BCUT2D eigenvalue weighted by Gasteiger charge is 2.59. The summed E-state index contributed by atoms with van der Waals surface area (Å²) in [5.74, 6) is 0.0424. The topological polar surface area (TPSA) is 49.3 Å². The van der Waals surface area contributed by atoms with E-state index in [0.717, 1.165) is 10.8 Å². The summed E-state index contributed by atoms with van der Waals surface area (Å²) in [6, 6.07) is 4.39. The van der Waals surface area contributed by atoms with Crippen LogP contribution in [-0.2, 0) is 4.79 Å². The van der Waals surface area contributed by atoms with E-state index in [9.17, 15) is 9.90 Å². The number of rotatable bonds is 5. The third kappa shape index (κ3) is 2.53. The van der Waals surface area contributed by atoms with Crippen molar-refractivity contribution in [2.75, 3.05) is 0 Å². The molecule has 3 rings (SSSR count). The van der Waals surface area contributed by atoms with Gasteiger partial charge in [0.15, 0.2) is 0 Å². The van der Waals surface area contributed by atoms with Gasteiger partial charge in [0.1, 0.15) is 0 Å². The van der Waals surface area contributed by atoms with E-state index in [1.807, 2.05) is 17.5 Å². The highest BCUT2D eigenvalue weighted by Crippen LogP contribution is 2.62. The largest absolute Gasteiger partial charge is 0.481 e. The highest BCUT2D eigenvalue weighted by atomic mass is 32.1. The van der Waals surface area contributed by atoms with Crippen LogP contribution in [0.4, 0.5) is 0 Å². The van der Waals surface area contributed by atoms with Crippen LogP contribution >= 0.6 is 11.3 Å². The summed E-state index contributed by atoms with van der Waals surface area (Å²) in [6.45, 7) is 7.09. The molecule has 2 N–H and O–H groups in total. The molecule has 2 saturated carbocycles. The molecule has 2 aliphatic carbocycles. The molecule has 0 radical (unpaired) electrons. The fourth-order valence-corrected chi connectivity index (χ4v) is 5.61. The number of aliphatic carboxylic acids is 1. The molecule has 0 saturated heterocycles. The molecule has 0 aliphatic heterocycles. The fourth-order valence-electron chi connectivity index (χ4n) is 4.82. The van der Waals surface area contributed by atoms with Gasteiger partial charge < -0.3 is 10.4 Å². The SMILES string of the molecule is CC12CCC(C1)C(C)(C)C2NC(CC(=O)O)c1cccs1. The third-order valence-electron chi connectivity index (χ3n) is 5.90. The Morgan fingerprint density at radius 1 is 1.52 bits per heavy atom. The Hall–Kier alpha value is -0.870. The summed E-state index contributed by atoms with van der Waals surface area (Å²) in [7, 11) is 0. The monoisotopic (exact) mass is 307 g/mol. The molecule has 0 aromatic carbocycles. The number of carboxylic acid groups (broad SMARTS) is 1. The number of nitrogens with one attached hydrogen (secondary N) is 1. The first kappa shape index (κ1) is 15.0. The molecule has 0 spiro atoms. The Bertz CT molecular complexity index is 520. The average Bonchev–Trinajstić information content (AvgIpc) is 3.05. The van der Waals surface area contributed by atoms with Crippen molar-refractivity contribution in [3.8, 4) is 0 Å². The van der Waals surface area contributed by atoms with Crippen LogP contribution in [0.5, 0.6) is 0 Å². The van der Waals surface area contributed by atoms with Gasteiger partial charge in [-0.25, -0.2) is 0 Å². The number of carboxylic acids is 1. The molecule has 2 fully saturated rings. The normalized spacial score (nSPS) is 35.0. The number of hydrogen-bond donors (Lipinski definition) is 2. The van der Waals surface area contributed by atoms with Crippen LogP contribution in [0.3, 0.4) is 0 Å². The summed E-state index contributed by atoms with van der Waals surface area (Å²) in [4.78, 5) is 12.4. The van der Waals surface area contributed by atoms with Gasteiger partial charge in [0.25, 0.3) is 0 Å². The Morgan fingerprint density at radius 2 is 2.29 bits per heavy atom. The predicted molar refractivity (Wildman–Crippen MR) is 85.5 cm³/mol. The molecule has 0 amide bonds. The second-order valence-electron chi connectivity index (χ2n) is 7.68. The van der Waals surface area contributed by atoms with Crippen molar-refractivity contribution in [1.82, 2.24) is 5.32 Å². The predicted octanol–water partition coefficient (Wildman–Crippen LogP) is 4.07. The third-order valence-corrected chi connectivity index (χ3v) is 6.89. The van der Waals surface area contributed by atoms with Crippen molar-refractivity contribution in [2.45, 2.75) is 58.5 Å². The van der Waals surface area contributed by atoms with Crippen molar-refractivity contribution >= 4 is 17.3 Å². The molecule has 3 nitrogen and oxygen atoms in total. The van der Waals surface area contributed by atoms with Gasteiger partial charge in [-0.1, -0.05) is 26.8 Å². The van der Waals surface area contributed by atoms with E-state index in [-0.39, 0.29) is 17.9 Å². The van der Waals surface area contributed by atoms with Gasteiger partial charge in [-0.05, 0) is 47.5 Å². The van der Waals surface area contributed by atoms with Gasteiger partial charge in [0.05, 0.1) is 12.5 Å². The van der Waals surface area contributed by atoms with Crippen molar-refractivity contribution in [2.24, 2.45) is 16.7 Å². The zero-order chi connectivity index (χ0) is 15.3. The highest BCUT2D eigenvalue weighted by molar-refractivity contribution is 7.10. The Kier molecular flexibility index (Phi) is 3.65.